The summed E-state index contributed by atoms with van der Waals surface area (Å²) in [5.41, 5.74) is -1.14. The zero-order chi connectivity index (χ0) is 16.2. The predicted molar refractivity (Wildman–Crippen MR) is 75.5 cm³/mol. The van der Waals surface area contributed by atoms with Crippen molar-refractivity contribution in [2.24, 2.45) is 0 Å². The van der Waals surface area contributed by atoms with E-state index in [9.17, 15) is 19.1 Å². The van der Waals surface area contributed by atoms with E-state index < -0.39 is 23.4 Å². The second-order valence-electron chi connectivity index (χ2n) is 4.85. The normalized spacial score (nSPS) is 13.2. The van der Waals surface area contributed by atoms with Crippen molar-refractivity contribution in [2.75, 3.05) is 0 Å². The van der Waals surface area contributed by atoms with E-state index >= 15 is 0 Å². The van der Waals surface area contributed by atoms with Crippen LogP contribution in [0.4, 0.5) is 9.18 Å². The molecule has 6 nitrogen and oxygen atoms in total. The highest BCUT2D eigenvalue weighted by molar-refractivity contribution is 5.86. The van der Waals surface area contributed by atoms with Crippen LogP contribution in [-0.2, 0) is 16.9 Å². The number of hydrogen-bond donors (Lipinski definition) is 3. The monoisotopic (exact) mass is 306 g/mol. The molecular formula is C15H15FN2O4. The summed E-state index contributed by atoms with van der Waals surface area (Å²) in [5.74, 6) is -1.57. The van der Waals surface area contributed by atoms with Crippen molar-refractivity contribution in [3.8, 4) is 0 Å². The number of urea groups is 1. The SMILES string of the molecule is C[C@@](NC(=O)NCc1cccc(F)c1)(C(=O)O)c1ccco1. The molecule has 0 bridgehead atoms. The Labute approximate surface area is 125 Å². The maximum absolute atomic E-state index is 13.0. The molecule has 3 N–H and O–H groups in total. The first kappa shape index (κ1) is 15.6. The third-order valence-electron chi connectivity index (χ3n) is 3.15. The van der Waals surface area contributed by atoms with Gasteiger partial charge in [0.15, 0.2) is 5.54 Å². The number of halogens is 1. The molecule has 0 aliphatic carbocycles. The minimum Gasteiger partial charge on any atom is -0.479 e. The van der Waals surface area contributed by atoms with Gasteiger partial charge in [-0.2, -0.15) is 0 Å². The molecule has 0 aliphatic rings. The summed E-state index contributed by atoms with van der Waals surface area (Å²) in [6, 6.07) is 8.03. The number of rotatable bonds is 5. The van der Waals surface area contributed by atoms with E-state index in [4.69, 9.17) is 4.42 Å². The fourth-order valence-corrected chi connectivity index (χ4v) is 1.88. The van der Waals surface area contributed by atoms with E-state index in [1.165, 1.54) is 43.5 Å². The van der Waals surface area contributed by atoms with Gasteiger partial charge in [0.2, 0.25) is 0 Å². The number of carboxylic acids is 1. The van der Waals surface area contributed by atoms with E-state index in [1.807, 2.05) is 0 Å². The maximum atomic E-state index is 13.0. The minimum atomic E-state index is -1.70. The van der Waals surface area contributed by atoms with Crippen molar-refractivity contribution in [1.29, 1.82) is 0 Å². The standard InChI is InChI=1S/C15H15FN2O4/c1-15(13(19)20,12-6-3-7-22-12)18-14(21)17-9-10-4-2-5-11(16)8-10/h2-8H,9H2,1H3,(H,19,20)(H2,17,18,21)/t15-/m0/s1. The third-order valence-corrected chi connectivity index (χ3v) is 3.15. The van der Waals surface area contributed by atoms with Gasteiger partial charge in [0.25, 0.3) is 0 Å². The highest BCUT2D eigenvalue weighted by atomic mass is 19.1. The summed E-state index contributed by atoms with van der Waals surface area (Å²) in [6.07, 6.45) is 1.32. The Morgan fingerprint density at radius 1 is 1.32 bits per heavy atom. The maximum Gasteiger partial charge on any atom is 0.337 e. The lowest BCUT2D eigenvalue weighted by Crippen LogP contribution is -2.52. The number of aliphatic carboxylic acids is 1. The summed E-state index contributed by atoms with van der Waals surface area (Å²) in [4.78, 5) is 23.3. The quantitative estimate of drug-likeness (QED) is 0.790. The van der Waals surface area contributed by atoms with Crippen molar-refractivity contribution < 1.29 is 23.5 Å². The Morgan fingerprint density at radius 3 is 2.68 bits per heavy atom. The highest BCUT2D eigenvalue weighted by Gasteiger charge is 2.39. The first-order valence-electron chi connectivity index (χ1n) is 6.49. The Bertz CT molecular complexity index is 672. The molecule has 1 atom stereocenters. The smallest absolute Gasteiger partial charge is 0.337 e. The van der Waals surface area contributed by atoms with Crippen LogP contribution in [0.3, 0.4) is 0 Å². The second kappa shape index (κ2) is 6.30. The molecule has 2 amide bonds. The van der Waals surface area contributed by atoms with Crippen molar-refractivity contribution in [1.82, 2.24) is 10.6 Å². The first-order valence-corrected chi connectivity index (χ1v) is 6.49. The molecule has 7 heteroatoms. The van der Waals surface area contributed by atoms with Crippen LogP contribution in [0.15, 0.2) is 47.1 Å². The average Bonchev–Trinajstić information content (AvgIpc) is 2.99. The summed E-state index contributed by atoms with van der Waals surface area (Å²) in [5, 5.41) is 14.1. The summed E-state index contributed by atoms with van der Waals surface area (Å²) in [7, 11) is 0. The number of carboxylic acid groups (broad SMARTS) is 1. The molecule has 0 saturated heterocycles. The van der Waals surface area contributed by atoms with E-state index in [1.54, 1.807) is 6.07 Å². The van der Waals surface area contributed by atoms with Crippen LogP contribution in [0.2, 0.25) is 0 Å². The van der Waals surface area contributed by atoms with Gasteiger partial charge < -0.3 is 20.2 Å². The molecule has 1 heterocycles. The lowest BCUT2D eigenvalue weighted by molar-refractivity contribution is -0.144. The van der Waals surface area contributed by atoms with Gasteiger partial charge in [-0.05, 0) is 36.8 Å². The Hall–Kier alpha value is -2.83. The van der Waals surface area contributed by atoms with E-state index in [2.05, 4.69) is 10.6 Å². The zero-order valence-electron chi connectivity index (χ0n) is 11.8. The molecule has 0 spiro atoms. The summed E-state index contributed by atoms with van der Waals surface area (Å²) < 4.78 is 18.1. The van der Waals surface area contributed by atoms with Crippen LogP contribution >= 0.6 is 0 Å². The first-order chi connectivity index (χ1) is 10.4. The minimum absolute atomic E-state index is 0.0669. The largest absolute Gasteiger partial charge is 0.479 e. The molecule has 1 aromatic heterocycles. The molecule has 22 heavy (non-hydrogen) atoms. The average molecular weight is 306 g/mol. The number of furan rings is 1. The van der Waals surface area contributed by atoms with Gasteiger partial charge in [-0.25, -0.2) is 14.0 Å². The Morgan fingerprint density at radius 2 is 2.09 bits per heavy atom. The third kappa shape index (κ3) is 3.43. The number of hydrogen-bond acceptors (Lipinski definition) is 3. The lowest BCUT2D eigenvalue weighted by Gasteiger charge is -2.24. The van der Waals surface area contributed by atoms with Gasteiger partial charge in [-0.3, -0.25) is 0 Å². The fraction of sp³-hybridized carbons (Fsp3) is 0.200. The number of amides is 2. The second-order valence-corrected chi connectivity index (χ2v) is 4.85. The molecule has 0 saturated carbocycles. The molecule has 2 rings (SSSR count). The molecule has 0 aliphatic heterocycles. The van der Waals surface area contributed by atoms with Crippen LogP contribution in [0.5, 0.6) is 0 Å². The molecule has 2 aromatic rings. The fourth-order valence-electron chi connectivity index (χ4n) is 1.88. The number of benzene rings is 1. The topological polar surface area (TPSA) is 91.6 Å². The lowest BCUT2D eigenvalue weighted by atomic mass is 9.99. The van der Waals surface area contributed by atoms with Crippen molar-refractivity contribution >= 4 is 12.0 Å². The van der Waals surface area contributed by atoms with E-state index in [-0.39, 0.29) is 12.3 Å². The van der Waals surface area contributed by atoms with Crippen molar-refractivity contribution in [3.63, 3.8) is 0 Å². The Balaban J connectivity index is 2.02. The molecular weight excluding hydrogens is 291 g/mol. The molecule has 0 fully saturated rings. The highest BCUT2D eigenvalue weighted by Crippen LogP contribution is 2.21. The number of carbonyl (C=O) groups excluding carboxylic acids is 1. The van der Waals surface area contributed by atoms with Crippen LogP contribution in [0, 0.1) is 5.82 Å². The van der Waals surface area contributed by atoms with Crippen molar-refractivity contribution in [2.45, 2.75) is 19.0 Å². The molecule has 1 aromatic carbocycles. The molecule has 0 radical (unpaired) electrons. The van der Waals surface area contributed by atoms with Gasteiger partial charge in [-0.15, -0.1) is 0 Å². The van der Waals surface area contributed by atoms with Crippen LogP contribution in [-0.4, -0.2) is 17.1 Å². The number of nitrogens with one attached hydrogen (secondary N) is 2. The Kier molecular flexibility index (Phi) is 4.45. The van der Waals surface area contributed by atoms with E-state index in [0.29, 0.717) is 5.56 Å². The molecule has 116 valence electrons. The zero-order valence-corrected chi connectivity index (χ0v) is 11.8. The molecule has 0 unspecified atom stereocenters. The summed E-state index contributed by atoms with van der Waals surface area (Å²) in [6.45, 7) is 1.38. The van der Waals surface area contributed by atoms with Gasteiger partial charge in [0.05, 0.1) is 6.26 Å². The number of carbonyl (C=O) groups is 2. The predicted octanol–water partition coefficient (Wildman–Crippen LogP) is 2.22. The van der Waals surface area contributed by atoms with Crippen molar-refractivity contribution in [3.05, 3.63) is 59.8 Å². The van der Waals surface area contributed by atoms with Gasteiger partial charge in [0, 0.05) is 6.54 Å². The van der Waals surface area contributed by atoms with Crippen LogP contribution in [0.25, 0.3) is 0 Å². The van der Waals surface area contributed by atoms with Crippen LogP contribution < -0.4 is 10.6 Å². The van der Waals surface area contributed by atoms with Gasteiger partial charge >= 0.3 is 12.0 Å². The van der Waals surface area contributed by atoms with Gasteiger partial charge in [0.1, 0.15) is 11.6 Å². The van der Waals surface area contributed by atoms with Gasteiger partial charge in [-0.1, -0.05) is 12.1 Å². The van der Waals surface area contributed by atoms with E-state index in [0.717, 1.165) is 0 Å². The summed E-state index contributed by atoms with van der Waals surface area (Å²) >= 11 is 0. The van der Waals surface area contributed by atoms with Crippen LogP contribution in [0.1, 0.15) is 18.2 Å².